The largest absolute Gasteiger partial charge is 0.296 e. The summed E-state index contributed by atoms with van der Waals surface area (Å²) >= 11 is 0. The molecule has 0 bridgehead atoms. The van der Waals surface area contributed by atoms with Gasteiger partial charge in [-0.2, -0.15) is 0 Å². The highest BCUT2D eigenvalue weighted by molar-refractivity contribution is 5.85. The van der Waals surface area contributed by atoms with Crippen LogP contribution in [0.15, 0.2) is 29.8 Å². The zero-order valence-corrected chi connectivity index (χ0v) is 9.54. The zero-order chi connectivity index (χ0) is 11.0. The summed E-state index contributed by atoms with van der Waals surface area (Å²) < 4.78 is 0. The smallest absolute Gasteiger partial charge is 0.0287 e. The van der Waals surface area contributed by atoms with Crippen molar-refractivity contribution in [3.63, 3.8) is 0 Å². The average molecular weight is 189 g/mol. The standard InChI is InChI=1S/C11H13N.C2H6/c1-4-10-7-9(2)5-6-11(10)8-12-3;1-2/h4-8H,1H2,2-3H3;1-2H3. The van der Waals surface area contributed by atoms with Crippen molar-refractivity contribution < 1.29 is 0 Å². The molecule has 0 aliphatic heterocycles. The monoisotopic (exact) mass is 189 g/mol. The summed E-state index contributed by atoms with van der Waals surface area (Å²) in [6.45, 7) is 9.82. The summed E-state index contributed by atoms with van der Waals surface area (Å²) in [7, 11) is 1.77. The first-order valence-corrected chi connectivity index (χ1v) is 4.93. The van der Waals surface area contributed by atoms with Crippen LogP contribution in [-0.2, 0) is 0 Å². The van der Waals surface area contributed by atoms with E-state index in [9.17, 15) is 0 Å². The maximum Gasteiger partial charge on any atom is 0.0287 e. The molecule has 1 aromatic rings. The minimum absolute atomic E-state index is 1.12. The van der Waals surface area contributed by atoms with Gasteiger partial charge in [-0.25, -0.2) is 0 Å². The molecule has 0 spiro atoms. The first-order chi connectivity index (χ1) is 6.77. The van der Waals surface area contributed by atoms with Gasteiger partial charge in [0.25, 0.3) is 0 Å². The molecule has 1 nitrogen and oxygen atoms in total. The van der Waals surface area contributed by atoms with Crippen LogP contribution in [0.25, 0.3) is 6.08 Å². The number of aryl methyl sites for hydroxylation is 1. The second-order valence-electron chi connectivity index (χ2n) is 2.72. The van der Waals surface area contributed by atoms with Crippen molar-refractivity contribution in [2.45, 2.75) is 20.8 Å². The van der Waals surface area contributed by atoms with Crippen LogP contribution < -0.4 is 0 Å². The summed E-state index contributed by atoms with van der Waals surface area (Å²) in [6, 6.07) is 6.23. The lowest BCUT2D eigenvalue weighted by Crippen LogP contribution is -1.87. The van der Waals surface area contributed by atoms with E-state index >= 15 is 0 Å². The molecule has 0 heterocycles. The second-order valence-corrected chi connectivity index (χ2v) is 2.72. The van der Waals surface area contributed by atoms with Crippen LogP contribution in [0.5, 0.6) is 0 Å². The van der Waals surface area contributed by atoms with E-state index in [0.29, 0.717) is 0 Å². The molecule has 0 aromatic heterocycles. The Hall–Kier alpha value is -1.37. The van der Waals surface area contributed by atoms with Crippen molar-refractivity contribution in [3.8, 4) is 0 Å². The van der Waals surface area contributed by atoms with Crippen LogP contribution >= 0.6 is 0 Å². The molecule has 76 valence electrons. The van der Waals surface area contributed by atoms with Gasteiger partial charge in [0.1, 0.15) is 0 Å². The van der Waals surface area contributed by atoms with Gasteiger partial charge in [-0.05, 0) is 18.1 Å². The lowest BCUT2D eigenvalue weighted by molar-refractivity contribution is 1.42. The van der Waals surface area contributed by atoms with Gasteiger partial charge >= 0.3 is 0 Å². The predicted molar refractivity (Wildman–Crippen MR) is 66.1 cm³/mol. The van der Waals surface area contributed by atoms with Crippen molar-refractivity contribution in [2.75, 3.05) is 7.05 Å². The van der Waals surface area contributed by atoms with Crippen molar-refractivity contribution in [3.05, 3.63) is 41.5 Å². The topological polar surface area (TPSA) is 12.4 Å². The van der Waals surface area contributed by atoms with Crippen molar-refractivity contribution in [1.82, 2.24) is 0 Å². The first kappa shape index (κ1) is 12.6. The summed E-state index contributed by atoms with van der Waals surface area (Å²) in [6.07, 6.45) is 3.69. The molecule has 14 heavy (non-hydrogen) atoms. The van der Waals surface area contributed by atoms with Crippen LogP contribution in [0.3, 0.4) is 0 Å². The number of aliphatic imine (C=N–C) groups is 1. The molecule has 1 heteroatoms. The normalized spacial score (nSPS) is 9.43. The molecule has 0 aliphatic carbocycles. The van der Waals surface area contributed by atoms with Crippen LogP contribution in [0.4, 0.5) is 0 Å². The molecule has 0 fully saturated rings. The van der Waals surface area contributed by atoms with E-state index in [0.717, 1.165) is 11.1 Å². The van der Waals surface area contributed by atoms with E-state index in [1.807, 2.05) is 26.1 Å². The quantitative estimate of drug-likeness (QED) is 0.629. The molecule has 0 N–H and O–H groups in total. The van der Waals surface area contributed by atoms with Crippen molar-refractivity contribution >= 4 is 12.3 Å². The summed E-state index contributed by atoms with van der Waals surface area (Å²) in [5.41, 5.74) is 3.51. The fourth-order valence-corrected chi connectivity index (χ4v) is 1.13. The molecular weight excluding hydrogens is 170 g/mol. The molecule has 0 atom stereocenters. The Kier molecular flexibility index (Phi) is 6.38. The van der Waals surface area contributed by atoms with E-state index in [1.165, 1.54) is 5.56 Å². The highest BCUT2D eigenvalue weighted by Gasteiger charge is 1.94. The van der Waals surface area contributed by atoms with Crippen LogP contribution in [0.1, 0.15) is 30.5 Å². The fraction of sp³-hybridized carbons (Fsp3) is 0.308. The summed E-state index contributed by atoms with van der Waals surface area (Å²) in [5, 5.41) is 0. The zero-order valence-electron chi connectivity index (χ0n) is 9.54. The van der Waals surface area contributed by atoms with Crippen molar-refractivity contribution in [2.24, 2.45) is 4.99 Å². The second kappa shape index (κ2) is 7.07. The Balaban J connectivity index is 0.000000791. The number of hydrogen-bond acceptors (Lipinski definition) is 1. The lowest BCUT2D eigenvalue weighted by Gasteiger charge is -2.00. The lowest BCUT2D eigenvalue weighted by atomic mass is 10.1. The third-order valence-electron chi connectivity index (χ3n) is 1.73. The Morgan fingerprint density at radius 3 is 2.36 bits per heavy atom. The molecule has 1 aromatic carbocycles. The summed E-state index contributed by atoms with van der Waals surface area (Å²) in [4.78, 5) is 3.97. The van der Waals surface area contributed by atoms with Gasteiger partial charge in [-0.1, -0.05) is 50.3 Å². The molecule has 0 amide bonds. The molecule has 0 radical (unpaired) electrons. The van der Waals surface area contributed by atoms with E-state index in [-0.39, 0.29) is 0 Å². The molecule has 0 saturated carbocycles. The Morgan fingerprint density at radius 2 is 1.86 bits per heavy atom. The molecular formula is C13H19N. The summed E-state index contributed by atoms with van der Waals surface area (Å²) in [5.74, 6) is 0. The van der Waals surface area contributed by atoms with E-state index in [4.69, 9.17) is 0 Å². The van der Waals surface area contributed by atoms with Crippen LogP contribution in [0, 0.1) is 6.92 Å². The van der Waals surface area contributed by atoms with Gasteiger partial charge in [-0.15, -0.1) is 0 Å². The van der Waals surface area contributed by atoms with Crippen LogP contribution in [0.2, 0.25) is 0 Å². The average Bonchev–Trinajstić information content (AvgIpc) is 2.24. The van der Waals surface area contributed by atoms with Crippen molar-refractivity contribution in [1.29, 1.82) is 0 Å². The minimum atomic E-state index is 1.12. The fourth-order valence-electron chi connectivity index (χ4n) is 1.13. The highest BCUT2D eigenvalue weighted by Crippen LogP contribution is 2.10. The predicted octanol–water partition coefficient (Wildman–Crippen LogP) is 3.71. The Labute approximate surface area is 87.2 Å². The Bertz CT molecular complexity index is 311. The van der Waals surface area contributed by atoms with Gasteiger partial charge in [0, 0.05) is 13.3 Å². The third-order valence-corrected chi connectivity index (χ3v) is 1.73. The highest BCUT2D eigenvalue weighted by atomic mass is 14.6. The third kappa shape index (κ3) is 3.56. The molecule has 0 saturated heterocycles. The maximum atomic E-state index is 3.97. The van der Waals surface area contributed by atoms with Crippen LogP contribution in [-0.4, -0.2) is 13.3 Å². The number of nitrogens with zero attached hydrogens (tertiary/aromatic N) is 1. The van der Waals surface area contributed by atoms with Gasteiger partial charge < -0.3 is 0 Å². The van der Waals surface area contributed by atoms with Gasteiger partial charge in [0.2, 0.25) is 0 Å². The number of hydrogen-bond donors (Lipinski definition) is 0. The van der Waals surface area contributed by atoms with Gasteiger partial charge in [0.15, 0.2) is 0 Å². The van der Waals surface area contributed by atoms with Gasteiger partial charge in [0.05, 0.1) is 0 Å². The van der Waals surface area contributed by atoms with E-state index in [2.05, 4.69) is 36.7 Å². The maximum absolute atomic E-state index is 3.97. The number of rotatable bonds is 2. The van der Waals surface area contributed by atoms with Gasteiger partial charge in [-0.3, -0.25) is 4.99 Å². The Morgan fingerprint density at radius 1 is 1.21 bits per heavy atom. The minimum Gasteiger partial charge on any atom is -0.296 e. The van der Waals surface area contributed by atoms with E-state index in [1.54, 1.807) is 7.05 Å². The molecule has 0 unspecified atom stereocenters. The number of benzene rings is 1. The van der Waals surface area contributed by atoms with E-state index < -0.39 is 0 Å². The molecule has 1 rings (SSSR count). The first-order valence-electron chi connectivity index (χ1n) is 4.93. The SMILES string of the molecule is C=Cc1cc(C)ccc1C=NC.CC. The molecule has 0 aliphatic rings.